The van der Waals surface area contributed by atoms with Gasteiger partial charge in [0.05, 0.1) is 0 Å². The molecule has 2 amide bonds. The molecule has 1 atom stereocenters. The molecule has 2 N–H and O–H groups in total. The molecule has 5 aromatic rings. The van der Waals surface area contributed by atoms with E-state index in [0.29, 0.717) is 0 Å². The fourth-order valence-electron chi connectivity index (χ4n) is 7.19. The van der Waals surface area contributed by atoms with Gasteiger partial charge in [-0.15, -0.1) is 0 Å². The Kier molecular flexibility index (Phi) is 10.8. The Morgan fingerprint density at radius 3 is 1.40 bits per heavy atom. The number of carbonyl (C=O) groups excluding carboxylic acids is 3. The van der Waals surface area contributed by atoms with Gasteiger partial charge in [0.25, 0.3) is 0 Å². The molecule has 0 aliphatic heterocycles. The highest BCUT2D eigenvalue weighted by molar-refractivity contribution is 5.83. The van der Waals surface area contributed by atoms with Gasteiger partial charge >= 0.3 is 18.2 Å². The van der Waals surface area contributed by atoms with E-state index in [9.17, 15) is 36.3 Å². The van der Waals surface area contributed by atoms with E-state index in [0.717, 1.165) is 44.5 Å². The van der Waals surface area contributed by atoms with E-state index in [2.05, 4.69) is 15.4 Å². The summed E-state index contributed by atoms with van der Waals surface area (Å²) in [6.07, 6.45) is -1.61. The number of ether oxygens (including phenoxy) is 3. The first-order chi connectivity index (χ1) is 26.6. The zero-order valence-corrected chi connectivity index (χ0v) is 29.1. The molecule has 0 fully saturated rings. The van der Waals surface area contributed by atoms with Crippen LogP contribution >= 0.6 is 0 Å². The number of amides is 2. The van der Waals surface area contributed by atoms with Gasteiger partial charge in [-0.1, -0.05) is 97.1 Å². The second kappa shape index (κ2) is 16.0. The molecular formula is C42H33F5N2O6. The van der Waals surface area contributed by atoms with Crippen LogP contribution in [0.3, 0.4) is 0 Å². The van der Waals surface area contributed by atoms with Crippen LogP contribution in [0.4, 0.5) is 31.5 Å². The van der Waals surface area contributed by atoms with E-state index >= 15 is 0 Å². The maximum atomic E-state index is 14.4. The van der Waals surface area contributed by atoms with Crippen LogP contribution in [0.5, 0.6) is 5.75 Å². The van der Waals surface area contributed by atoms with Crippen LogP contribution < -0.4 is 15.4 Å². The lowest BCUT2D eigenvalue weighted by atomic mass is 9.98. The number of esters is 1. The summed E-state index contributed by atoms with van der Waals surface area (Å²) >= 11 is 0. The number of carbonyl (C=O) groups is 3. The van der Waals surface area contributed by atoms with Gasteiger partial charge < -0.3 is 24.8 Å². The average Bonchev–Trinajstić information content (AvgIpc) is 3.71. The maximum absolute atomic E-state index is 14.4. The fourth-order valence-corrected chi connectivity index (χ4v) is 7.19. The molecule has 13 heteroatoms. The molecule has 0 radical (unpaired) electrons. The Morgan fingerprint density at radius 2 is 0.945 bits per heavy atom. The first kappa shape index (κ1) is 37.1. The summed E-state index contributed by atoms with van der Waals surface area (Å²) in [6, 6.07) is 29.3. The Hall–Kier alpha value is -6.24. The van der Waals surface area contributed by atoms with Crippen LogP contribution in [0.2, 0.25) is 0 Å². The summed E-state index contributed by atoms with van der Waals surface area (Å²) in [5.41, 5.74) is 8.03. The number of alkyl carbamates (subject to hydrolysis) is 2. The molecule has 7 rings (SSSR count). The van der Waals surface area contributed by atoms with Crippen LogP contribution in [0.1, 0.15) is 53.4 Å². The molecule has 2 aliphatic carbocycles. The molecule has 0 aromatic heterocycles. The second-order valence-corrected chi connectivity index (χ2v) is 13.1. The van der Waals surface area contributed by atoms with Gasteiger partial charge in [-0.05, 0) is 63.8 Å². The van der Waals surface area contributed by atoms with E-state index in [-0.39, 0.29) is 50.9 Å². The van der Waals surface area contributed by atoms with Crippen molar-refractivity contribution in [3.05, 3.63) is 148 Å². The van der Waals surface area contributed by atoms with Crippen molar-refractivity contribution in [2.75, 3.05) is 19.8 Å². The molecule has 2 aliphatic rings. The van der Waals surface area contributed by atoms with Crippen LogP contribution in [-0.4, -0.2) is 44.0 Å². The molecule has 55 heavy (non-hydrogen) atoms. The minimum absolute atomic E-state index is 0.0844. The number of halogens is 5. The van der Waals surface area contributed by atoms with Crippen LogP contribution in [0.15, 0.2) is 97.1 Å². The Morgan fingerprint density at radius 1 is 0.545 bits per heavy atom. The molecule has 5 aromatic carbocycles. The first-order valence-electron chi connectivity index (χ1n) is 17.6. The lowest BCUT2D eigenvalue weighted by Gasteiger charge is -2.20. The van der Waals surface area contributed by atoms with Gasteiger partial charge in [-0.2, -0.15) is 8.78 Å². The number of hydrogen-bond acceptors (Lipinski definition) is 6. The Balaban J connectivity index is 0.963. The van der Waals surface area contributed by atoms with Gasteiger partial charge in [-0.25, -0.2) is 27.6 Å². The van der Waals surface area contributed by atoms with Crippen LogP contribution in [0.25, 0.3) is 22.3 Å². The van der Waals surface area contributed by atoms with E-state index in [1.54, 1.807) is 0 Å². The highest BCUT2D eigenvalue weighted by Crippen LogP contribution is 2.45. The Bertz CT molecular complexity index is 2160. The van der Waals surface area contributed by atoms with Crippen molar-refractivity contribution in [2.24, 2.45) is 0 Å². The van der Waals surface area contributed by atoms with Crippen LogP contribution in [-0.2, 0) is 14.3 Å². The van der Waals surface area contributed by atoms with Crippen molar-refractivity contribution in [1.29, 1.82) is 0 Å². The van der Waals surface area contributed by atoms with Crippen molar-refractivity contribution in [1.82, 2.24) is 10.6 Å². The summed E-state index contributed by atoms with van der Waals surface area (Å²) in [7, 11) is 0. The lowest BCUT2D eigenvalue weighted by Crippen LogP contribution is -2.44. The monoisotopic (exact) mass is 756 g/mol. The van der Waals surface area contributed by atoms with Crippen molar-refractivity contribution < 1.29 is 50.5 Å². The molecule has 0 bridgehead atoms. The summed E-state index contributed by atoms with van der Waals surface area (Å²) in [4.78, 5) is 38.8. The number of nitrogens with one attached hydrogen (secondary N) is 2. The minimum atomic E-state index is -2.42. The summed E-state index contributed by atoms with van der Waals surface area (Å²) < 4.78 is 85.8. The molecule has 0 saturated carbocycles. The first-order valence-corrected chi connectivity index (χ1v) is 17.6. The van der Waals surface area contributed by atoms with Gasteiger partial charge in [-0.3, -0.25) is 0 Å². The third-order valence-electron chi connectivity index (χ3n) is 9.83. The van der Waals surface area contributed by atoms with E-state index < -0.39 is 59.0 Å². The van der Waals surface area contributed by atoms with Crippen molar-refractivity contribution in [2.45, 2.75) is 37.1 Å². The largest absolute Gasteiger partial charge is 0.449 e. The van der Waals surface area contributed by atoms with E-state index in [1.807, 2.05) is 97.1 Å². The average molecular weight is 757 g/mol. The normalized spacial score (nSPS) is 13.3. The molecule has 0 spiro atoms. The smallest absolute Gasteiger partial charge is 0.407 e. The SMILES string of the molecule is O=C(NCCCCC(NC(=O)OCC1c2ccccc2-c2ccccc21)C(=O)Oc1c(F)c(F)c(F)c(F)c1F)OCC1c2ccccc2-c2ccccc21. The molecule has 0 saturated heterocycles. The minimum Gasteiger partial charge on any atom is -0.449 e. The molecule has 1 unspecified atom stereocenters. The number of fused-ring (bicyclic) bond motifs is 6. The van der Waals surface area contributed by atoms with E-state index in [4.69, 9.17) is 9.47 Å². The zero-order chi connectivity index (χ0) is 38.6. The molecule has 8 nitrogen and oxygen atoms in total. The molecule has 0 heterocycles. The number of rotatable bonds is 12. The maximum Gasteiger partial charge on any atom is 0.407 e. The number of unbranched alkanes of at least 4 members (excludes halogenated alkanes) is 1. The predicted molar refractivity (Wildman–Crippen MR) is 191 cm³/mol. The fraction of sp³-hybridized carbons (Fsp3) is 0.214. The topological polar surface area (TPSA) is 103 Å². The predicted octanol–water partition coefficient (Wildman–Crippen LogP) is 8.90. The second-order valence-electron chi connectivity index (χ2n) is 13.1. The van der Waals surface area contributed by atoms with Crippen molar-refractivity contribution >= 4 is 18.2 Å². The van der Waals surface area contributed by atoms with Crippen LogP contribution in [0, 0.1) is 29.1 Å². The van der Waals surface area contributed by atoms with Gasteiger partial charge in [0.2, 0.25) is 34.8 Å². The summed E-state index contributed by atoms with van der Waals surface area (Å²) in [5, 5.41) is 4.93. The van der Waals surface area contributed by atoms with Gasteiger partial charge in [0.15, 0.2) is 0 Å². The summed E-state index contributed by atoms with van der Waals surface area (Å²) in [6.45, 7) is 0.0415. The third-order valence-corrected chi connectivity index (χ3v) is 9.83. The number of benzene rings is 5. The van der Waals surface area contributed by atoms with E-state index in [1.165, 1.54) is 0 Å². The Labute approximate surface area is 312 Å². The third kappa shape index (κ3) is 7.46. The molecular weight excluding hydrogens is 723 g/mol. The van der Waals surface area contributed by atoms with Crippen molar-refractivity contribution in [3.8, 4) is 28.0 Å². The lowest BCUT2D eigenvalue weighted by molar-refractivity contribution is -0.137. The highest BCUT2D eigenvalue weighted by Gasteiger charge is 2.33. The summed E-state index contributed by atoms with van der Waals surface area (Å²) in [5.74, 6) is -15.5. The van der Waals surface area contributed by atoms with Crippen molar-refractivity contribution in [3.63, 3.8) is 0 Å². The molecule has 282 valence electrons. The quantitative estimate of drug-likeness (QED) is 0.0329. The van der Waals surface area contributed by atoms with Gasteiger partial charge in [0.1, 0.15) is 19.3 Å². The standard InChI is InChI=1S/C42H33F5N2O6/c43-34-35(44)37(46)39(38(47)36(34)45)55-40(50)33(49-42(52)54-22-32-29-17-7-3-13-25(29)26-14-4-8-18-30(26)32)19-9-10-20-48-41(51)53-21-31-27-15-5-1-11-23(27)24-12-2-6-16-28(24)31/h1-8,11-18,31-33H,9-10,19-22H2,(H,48,51)(H,49,52). The highest BCUT2D eigenvalue weighted by atomic mass is 19.2. The number of hydrogen-bond donors (Lipinski definition) is 2. The van der Waals surface area contributed by atoms with Gasteiger partial charge in [0, 0.05) is 18.4 Å². The zero-order valence-electron chi connectivity index (χ0n) is 29.1.